The van der Waals surface area contributed by atoms with E-state index in [4.69, 9.17) is 11.6 Å². The standard InChI is InChI=1S/C37H24ClN/c38-25-11-10-14-27(23-25)39(26-12-2-1-3-13-26)28-21-22-32-31-17-6-9-20-35(31)37(36(32)24-28)33-18-7-4-15-29(33)30-16-5-8-19-34(30)37/h1-24H. The number of nitrogens with zero attached hydrogens (tertiary/aromatic N) is 1. The van der Waals surface area contributed by atoms with E-state index in [-0.39, 0.29) is 5.41 Å². The summed E-state index contributed by atoms with van der Waals surface area (Å²) in [5.41, 5.74) is 13.5. The van der Waals surface area contributed by atoms with Gasteiger partial charge in [0.15, 0.2) is 0 Å². The summed E-state index contributed by atoms with van der Waals surface area (Å²) in [6.07, 6.45) is 0. The molecular weight excluding hydrogens is 494 g/mol. The summed E-state index contributed by atoms with van der Waals surface area (Å²) in [4.78, 5) is 2.30. The van der Waals surface area contributed by atoms with E-state index >= 15 is 0 Å². The Morgan fingerprint density at radius 1 is 0.385 bits per heavy atom. The van der Waals surface area contributed by atoms with Gasteiger partial charge in [0, 0.05) is 22.1 Å². The average Bonchev–Trinajstić information content (AvgIpc) is 3.45. The Labute approximate surface area is 233 Å². The number of benzene rings is 6. The van der Waals surface area contributed by atoms with Crippen LogP contribution in [-0.2, 0) is 5.41 Å². The normalized spacial score (nSPS) is 13.5. The van der Waals surface area contributed by atoms with Crippen molar-refractivity contribution in [1.82, 2.24) is 0 Å². The average molecular weight is 518 g/mol. The van der Waals surface area contributed by atoms with Gasteiger partial charge < -0.3 is 4.90 Å². The molecule has 0 N–H and O–H groups in total. The van der Waals surface area contributed by atoms with Crippen molar-refractivity contribution in [2.24, 2.45) is 0 Å². The Morgan fingerprint density at radius 3 is 1.46 bits per heavy atom. The van der Waals surface area contributed by atoms with Crippen LogP contribution in [0.25, 0.3) is 22.3 Å². The highest BCUT2D eigenvalue weighted by Crippen LogP contribution is 2.63. The van der Waals surface area contributed by atoms with Crippen LogP contribution in [0.1, 0.15) is 22.3 Å². The second kappa shape index (κ2) is 8.46. The Balaban J connectivity index is 1.45. The zero-order valence-electron chi connectivity index (χ0n) is 21.2. The molecular formula is C37H24ClN. The number of halogens is 1. The molecule has 6 aromatic rings. The maximum absolute atomic E-state index is 6.50. The van der Waals surface area contributed by atoms with Crippen LogP contribution in [0.2, 0.25) is 5.02 Å². The third kappa shape index (κ3) is 3.08. The molecule has 2 aliphatic rings. The smallest absolute Gasteiger partial charge is 0.0726 e. The van der Waals surface area contributed by atoms with Crippen LogP contribution in [0.15, 0.2) is 146 Å². The molecule has 1 spiro atoms. The molecule has 6 aromatic carbocycles. The first kappa shape index (κ1) is 22.4. The fourth-order valence-electron chi connectivity index (χ4n) is 6.86. The number of fused-ring (bicyclic) bond motifs is 10. The molecule has 0 unspecified atom stereocenters. The summed E-state index contributed by atoms with van der Waals surface area (Å²) in [7, 11) is 0. The monoisotopic (exact) mass is 517 g/mol. The quantitative estimate of drug-likeness (QED) is 0.225. The summed E-state index contributed by atoms with van der Waals surface area (Å²) in [5.74, 6) is 0. The summed E-state index contributed by atoms with van der Waals surface area (Å²) in [6, 6.07) is 52.4. The molecule has 0 radical (unpaired) electrons. The van der Waals surface area contributed by atoms with Gasteiger partial charge in [-0.15, -0.1) is 0 Å². The Hall–Kier alpha value is -4.59. The minimum atomic E-state index is -0.369. The van der Waals surface area contributed by atoms with Crippen molar-refractivity contribution in [3.8, 4) is 22.3 Å². The molecule has 0 bridgehead atoms. The molecule has 0 saturated heterocycles. The molecule has 8 rings (SSSR count). The van der Waals surface area contributed by atoms with Crippen LogP contribution in [0.3, 0.4) is 0 Å². The predicted octanol–water partition coefficient (Wildman–Crippen LogP) is 10.2. The van der Waals surface area contributed by atoms with E-state index in [9.17, 15) is 0 Å². The van der Waals surface area contributed by atoms with Gasteiger partial charge in [0.2, 0.25) is 0 Å². The molecule has 2 heteroatoms. The molecule has 1 nitrogen and oxygen atoms in total. The first-order valence-electron chi connectivity index (χ1n) is 13.3. The molecule has 0 atom stereocenters. The van der Waals surface area contributed by atoms with Crippen LogP contribution < -0.4 is 4.90 Å². The van der Waals surface area contributed by atoms with Gasteiger partial charge in [-0.1, -0.05) is 115 Å². The molecule has 0 fully saturated rings. The molecule has 0 saturated carbocycles. The number of para-hydroxylation sites is 1. The van der Waals surface area contributed by atoms with Crippen molar-refractivity contribution >= 4 is 28.7 Å². The number of hydrogen-bond acceptors (Lipinski definition) is 1. The highest BCUT2D eigenvalue weighted by atomic mass is 35.5. The van der Waals surface area contributed by atoms with E-state index in [1.807, 2.05) is 18.2 Å². The minimum absolute atomic E-state index is 0.369. The largest absolute Gasteiger partial charge is 0.310 e. The van der Waals surface area contributed by atoms with Crippen LogP contribution in [-0.4, -0.2) is 0 Å². The lowest BCUT2D eigenvalue weighted by Gasteiger charge is -2.32. The third-order valence-corrected chi connectivity index (χ3v) is 8.55. The lowest BCUT2D eigenvalue weighted by molar-refractivity contribution is 0.793. The van der Waals surface area contributed by atoms with E-state index in [2.05, 4.69) is 132 Å². The first-order chi connectivity index (χ1) is 19.3. The van der Waals surface area contributed by atoms with E-state index in [1.54, 1.807) is 0 Å². The van der Waals surface area contributed by atoms with Crippen LogP contribution in [0, 0.1) is 0 Å². The van der Waals surface area contributed by atoms with Gasteiger partial charge in [-0.3, -0.25) is 0 Å². The zero-order chi connectivity index (χ0) is 26.0. The molecule has 39 heavy (non-hydrogen) atoms. The van der Waals surface area contributed by atoms with Crippen molar-refractivity contribution in [2.45, 2.75) is 5.41 Å². The summed E-state index contributed by atoms with van der Waals surface area (Å²) >= 11 is 6.50. The van der Waals surface area contributed by atoms with Gasteiger partial charge in [0.05, 0.1) is 5.41 Å². The van der Waals surface area contributed by atoms with Gasteiger partial charge >= 0.3 is 0 Å². The number of rotatable bonds is 3. The van der Waals surface area contributed by atoms with Gasteiger partial charge in [-0.05, 0) is 87.0 Å². The molecule has 184 valence electrons. The SMILES string of the molecule is Clc1cccc(N(c2ccccc2)c2ccc3c(c2)C2(c4ccccc4-c4ccccc42)c2ccccc2-3)c1. The molecule has 0 aliphatic heterocycles. The first-order valence-corrected chi connectivity index (χ1v) is 13.7. The van der Waals surface area contributed by atoms with Gasteiger partial charge in [-0.25, -0.2) is 0 Å². The number of anilines is 3. The van der Waals surface area contributed by atoms with Crippen molar-refractivity contribution in [1.29, 1.82) is 0 Å². The maximum atomic E-state index is 6.50. The van der Waals surface area contributed by atoms with Crippen molar-refractivity contribution < 1.29 is 0 Å². The fraction of sp³-hybridized carbons (Fsp3) is 0.0270. The lowest BCUT2D eigenvalue weighted by Crippen LogP contribution is -2.26. The third-order valence-electron chi connectivity index (χ3n) is 8.32. The van der Waals surface area contributed by atoms with Crippen LogP contribution >= 0.6 is 11.6 Å². The Morgan fingerprint density at radius 2 is 0.872 bits per heavy atom. The second-order valence-corrected chi connectivity index (χ2v) is 10.7. The zero-order valence-corrected chi connectivity index (χ0v) is 21.9. The topological polar surface area (TPSA) is 3.24 Å². The maximum Gasteiger partial charge on any atom is 0.0726 e. The van der Waals surface area contributed by atoms with Crippen LogP contribution in [0.4, 0.5) is 17.1 Å². The highest BCUT2D eigenvalue weighted by Gasteiger charge is 2.51. The summed E-state index contributed by atoms with van der Waals surface area (Å²) < 4.78 is 0. The van der Waals surface area contributed by atoms with E-state index < -0.39 is 0 Å². The Kier molecular flexibility index (Phi) is 4.86. The van der Waals surface area contributed by atoms with E-state index in [0.29, 0.717) is 0 Å². The van der Waals surface area contributed by atoms with Crippen molar-refractivity contribution in [2.75, 3.05) is 4.90 Å². The van der Waals surface area contributed by atoms with E-state index in [1.165, 1.54) is 44.5 Å². The highest BCUT2D eigenvalue weighted by molar-refractivity contribution is 6.30. The second-order valence-electron chi connectivity index (χ2n) is 10.3. The molecule has 2 aliphatic carbocycles. The van der Waals surface area contributed by atoms with Crippen molar-refractivity contribution in [3.63, 3.8) is 0 Å². The molecule has 0 aromatic heterocycles. The van der Waals surface area contributed by atoms with Gasteiger partial charge in [0.1, 0.15) is 0 Å². The lowest BCUT2D eigenvalue weighted by atomic mass is 9.70. The molecule has 0 amide bonds. The van der Waals surface area contributed by atoms with E-state index in [0.717, 1.165) is 22.1 Å². The van der Waals surface area contributed by atoms with Gasteiger partial charge in [0.25, 0.3) is 0 Å². The summed E-state index contributed by atoms with van der Waals surface area (Å²) in [5, 5.41) is 0.720. The summed E-state index contributed by atoms with van der Waals surface area (Å²) in [6.45, 7) is 0. The predicted molar refractivity (Wildman–Crippen MR) is 162 cm³/mol. The number of hydrogen-bond donors (Lipinski definition) is 0. The van der Waals surface area contributed by atoms with Crippen molar-refractivity contribution in [3.05, 3.63) is 173 Å². The van der Waals surface area contributed by atoms with Gasteiger partial charge in [-0.2, -0.15) is 0 Å². The van der Waals surface area contributed by atoms with Crippen LogP contribution in [0.5, 0.6) is 0 Å². The Bertz CT molecular complexity index is 1820. The minimum Gasteiger partial charge on any atom is -0.310 e. The fourth-order valence-corrected chi connectivity index (χ4v) is 7.05. The molecule has 0 heterocycles.